The van der Waals surface area contributed by atoms with Crippen LogP contribution in [-0.4, -0.2) is 13.0 Å². The summed E-state index contributed by atoms with van der Waals surface area (Å²) in [5.74, 6) is -3.16. The van der Waals surface area contributed by atoms with E-state index in [1.54, 1.807) is 13.0 Å². The van der Waals surface area contributed by atoms with Crippen molar-refractivity contribution in [2.75, 3.05) is 7.11 Å². The fourth-order valence-electron chi connectivity index (χ4n) is 1.95. The van der Waals surface area contributed by atoms with E-state index in [2.05, 4.69) is 5.32 Å². The number of hydrogen-bond acceptors (Lipinski definition) is 2. The highest BCUT2D eigenvalue weighted by molar-refractivity contribution is 5.94. The van der Waals surface area contributed by atoms with Crippen LogP contribution in [0.1, 0.15) is 28.9 Å². The molecule has 1 amide bonds. The first-order chi connectivity index (χ1) is 10.4. The molecule has 0 fully saturated rings. The molecule has 2 rings (SSSR count). The molecule has 0 spiro atoms. The van der Waals surface area contributed by atoms with Gasteiger partial charge in [0.05, 0.1) is 13.2 Å². The summed E-state index contributed by atoms with van der Waals surface area (Å²) in [5, 5.41) is 2.59. The van der Waals surface area contributed by atoms with Gasteiger partial charge in [0.1, 0.15) is 0 Å². The predicted molar refractivity (Wildman–Crippen MR) is 75.2 cm³/mol. The van der Waals surface area contributed by atoms with Crippen LogP contribution in [0.25, 0.3) is 0 Å². The van der Waals surface area contributed by atoms with Gasteiger partial charge in [0, 0.05) is 5.56 Å². The van der Waals surface area contributed by atoms with Crippen molar-refractivity contribution >= 4 is 5.91 Å². The van der Waals surface area contributed by atoms with E-state index in [0.29, 0.717) is 5.56 Å². The van der Waals surface area contributed by atoms with Crippen LogP contribution in [0.4, 0.5) is 13.2 Å². The minimum atomic E-state index is -1.10. The lowest BCUT2D eigenvalue weighted by atomic mass is 10.1. The van der Waals surface area contributed by atoms with E-state index in [1.807, 2.05) is 0 Å². The molecule has 0 saturated carbocycles. The highest BCUT2D eigenvalue weighted by Crippen LogP contribution is 2.22. The Labute approximate surface area is 125 Å². The number of halogens is 3. The zero-order chi connectivity index (χ0) is 16.3. The molecule has 0 aliphatic heterocycles. The number of carbonyl (C=O) groups is 1. The monoisotopic (exact) mass is 309 g/mol. The average Bonchev–Trinajstić information content (AvgIpc) is 2.49. The van der Waals surface area contributed by atoms with E-state index in [1.165, 1.54) is 25.3 Å². The summed E-state index contributed by atoms with van der Waals surface area (Å²) >= 11 is 0. The smallest absolute Gasteiger partial charge is 0.251 e. The summed E-state index contributed by atoms with van der Waals surface area (Å²) in [6.45, 7) is 1.65. The molecule has 2 aromatic rings. The second-order valence-corrected chi connectivity index (χ2v) is 4.72. The van der Waals surface area contributed by atoms with Crippen LogP contribution in [0.5, 0.6) is 5.75 Å². The van der Waals surface area contributed by atoms with Crippen LogP contribution < -0.4 is 10.1 Å². The zero-order valence-electron chi connectivity index (χ0n) is 12.0. The Balaban J connectivity index is 2.13. The van der Waals surface area contributed by atoms with E-state index in [9.17, 15) is 18.0 Å². The standard InChI is InChI=1S/C16H14F3NO2/c1-9(10-4-6-15(22-2)14(19)7-10)20-16(21)11-3-5-12(17)13(18)8-11/h3-9H,1-2H3,(H,20,21)/t9-/m1/s1. The summed E-state index contributed by atoms with van der Waals surface area (Å²) in [6, 6.07) is 6.65. The molecule has 22 heavy (non-hydrogen) atoms. The maximum Gasteiger partial charge on any atom is 0.251 e. The van der Waals surface area contributed by atoms with E-state index in [-0.39, 0.29) is 11.3 Å². The largest absolute Gasteiger partial charge is 0.494 e. The molecule has 0 saturated heterocycles. The van der Waals surface area contributed by atoms with Crippen molar-refractivity contribution in [3.05, 3.63) is 65.0 Å². The van der Waals surface area contributed by atoms with E-state index < -0.39 is 29.4 Å². The van der Waals surface area contributed by atoms with Crippen LogP contribution in [0.2, 0.25) is 0 Å². The highest BCUT2D eigenvalue weighted by Gasteiger charge is 2.15. The van der Waals surface area contributed by atoms with Crippen LogP contribution in [-0.2, 0) is 0 Å². The lowest BCUT2D eigenvalue weighted by Gasteiger charge is -2.15. The minimum Gasteiger partial charge on any atom is -0.494 e. The van der Waals surface area contributed by atoms with Crippen molar-refractivity contribution in [2.45, 2.75) is 13.0 Å². The number of methoxy groups -OCH3 is 1. The maximum absolute atomic E-state index is 13.6. The average molecular weight is 309 g/mol. The van der Waals surface area contributed by atoms with Gasteiger partial charge in [-0.2, -0.15) is 0 Å². The summed E-state index contributed by atoms with van der Waals surface area (Å²) in [6.07, 6.45) is 0. The Hall–Kier alpha value is -2.50. The Kier molecular flexibility index (Phi) is 4.70. The molecule has 0 aliphatic rings. The summed E-state index contributed by atoms with van der Waals surface area (Å²) in [7, 11) is 1.35. The van der Waals surface area contributed by atoms with E-state index in [0.717, 1.165) is 12.1 Å². The number of carbonyl (C=O) groups excluding carboxylic acids is 1. The van der Waals surface area contributed by atoms with Crippen molar-refractivity contribution in [1.29, 1.82) is 0 Å². The number of rotatable bonds is 4. The van der Waals surface area contributed by atoms with Crippen molar-refractivity contribution in [2.24, 2.45) is 0 Å². The second kappa shape index (κ2) is 6.51. The number of amides is 1. The van der Waals surface area contributed by atoms with Gasteiger partial charge >= 0.3 is 0 Å². The summed E-state index contributed by atoms with van der Waals surface area (Å²) in [5.41, 5.74) is 0.508. The predicted octanol–water partition coefficient (Wildman–Crippen LogP) is 3.60. The van der Waals surface area contributed by atoms with Gasteiger partial charge in [-0.3, -0.25) is 4.79 Å². The van der Waals surface area contributed by atoms with Crippen LogP contribution in [0, 0.1) is 17.5 Å². The molecule has 0 bridgehead atoms. The Bertz CT molecular complexity index is 704. The van der Waals surface area contributed by atoms with Gasteiger partial charge < -0.3 is 10.1 Å². The van der Waals surface area contributed by atoms with E-state index in [4.69, 9.17) is 4.74 Å². The molecular formula is C16H14F3NO2. The lowest BCUT2D eigenvalue weighted by Crippen LogP contribution is -2.26. The molecule has 0 unspecified atom stereocenters. The van der Waals surface area contributed by atoms with Gasteiger partial charge in [-0.05, 0) is 42.8 Å². The Morgan fingerprint density at radius 1 is 1.05 bits per heavy atom. The first-order valence-corrected chi connectivity index (χ1v) is 6.51. The normalized spacial score (nSPS) is 11.9. The van der Waals surface area contributed by atoms with E-state index >= 15 is 0 Å². The summed E-state index contributed by atoms with van der Waals surface area (Å²) < 4.78 is 44.4. The first-order valence-electron chi connectivity index (χ1n) is 6.51. The van der Waals surface area contributed by atoms with Gasteiger partial charge in [0.2, 0.25) is 0 Å². The fourth-order valence-corrected chi connectivity index (χ4v) is 1.95. The van der Waals surface area contributed by atoms with Gasteiger partial charge in [-0.25, -0.2) is 13.2 Å². The van der Waals surface area contributed by atoms with Gasteiger partial charge in [-0.1, -0.05) is 6.07 Å². The fraction of sp³-hybridized carbons (Fsp3) is 0.188. The molecule has 116 valence electrons. The quantitative estimate of drug-likeness (QED) is 0.937. The molecule has 1 atom stereocenters. The van der Waals surface area contributed by atoms with Gasteiger partial charge in [-0.15, -0.1) is 0 Å². The number of nitrogens with one attached hydrogen (secondary N) is 1. The SMILES string of the molecule is COc1ccc([C@@H](C)NC(=O)c2ccc(F)c(F)c2)cc1F. The third-order valence-electron chi connectivity index (χ3n) is 3.21. The minimum absolute atomic E-state index is 0.0141. The second-order valence-electron chi connectivity index (χ2n) is 4.72. The Morgan fingerprint density at radius 3 is 2.36 bits per heavy atom. The number of ether oxygens (including phenoxy) is 1. The molecule has 0 heterocycles. The van der Waals surface area contributed by atoms with Crippen LogP contribution >= 0.6 is 0 Å². The molecule has 1 N–H and O–H groups in total. The zero-order valence-corrected chi connectivity index (χ0v) is 12.0. The molecule has 6 heteroatoms. The maximum atomic E-state index is 13.6. The van der Waals surface area contributed by atoms with Crippen molar-refractivity contribution in [3.8, 4) is 5.75 Å². The number of benzene rings is 2. The third kappa shape index (κ3) is 3.39. The highest BCUT2D eigenvalue weighted by atomic mass is 19.2. The topological polar surface area (TPSA) is 38.3 Å². The van der Waals surface area contributed by atoms with Crippen molar-refractivity contribution < 1.29 is 22.7 Å². The molecule has 0 aliphatic carbocycles. The molecule has 2 aromatic carbocycles. The van der Waals surface area contributed by atoms with Gasteiger partial charge in [0.15, 0.2) is 23.2 Å². The number of hydrogen-bond donors (Lipinski definition) is 1. The Morgan fingerprint density at radius 2 is 1.77 bits per heavy atom. The molecular weight excluding hydrogens is 295 g/mol. The molecule has 0 radical (unpaired) electrons. The van der Waals surface area contributed by atoms with Crippen molar-refractivity contribution in [1.82, 2.24) is 5.32 Å². The summed E-state index contributed by atoms with van der Waals surface area (Å²) in [4.78, 5) is 12.0. The lowest BCUT2D eigenvalue weighted by molar-refractivity contribution is 0.0939. The molecule has 0 aromatic heterocycles. The van der Waals surface area contributed by atoms with Crippen LogP contribution in [0.15, 0.2) is 36.4 Å². The van der Waals surface area contributed by atoms with Crippen molar-refractivity contribution in [3.63, 3.8) is 0 Å². The molecule has 3 nitrogen and oxygen atoms in total. The van der Waals surface area contributed by atoms with Gasteiger partial charge in [0.25, 0.3) is 5.91 Å². The van der Waals surface area contributed by atoms with Crippen LogP contribution in [0.3, 0.4) is 0 Å². The third-order valence-corrected chi connectivity index (χ3v) is 3.21. The first kappa shape index (κ1) is 15.9.